The van der Waals surface area contributed by atoms with E-state index < -0.39 is 0 Å². The van der Waals surface area contributed by atoms with Crippen LogP contribution < -0.4 is 14.8 Å². The Hall–Kier alpha value is -3.00. The molecular formula is C23H29N3O4S. The summed E-state index contributed by atoms with van der Waals surface area (Å²) in [6.07, 6.45) is 2.43. The van der Waals surface area contributed by atoms with Crippen molar-refractivity contribution in [2.45, 2.75) is 19.4 Å². The fourth-order valence-electron chi connectivity index (χ4n) is 3.63. The molecule has 0 bridgehead atoms. The third-order valence-corrected chi connectivity index (χ3v) is 6.15. The molecule has 0 saturated heterocycles. The predicted molar refractivity (Wildman–Crippen MR) is 122 cm³/mol. The molecule has 3 amide bonds. The van der Waals surface area contributed by atoms with E-state index in [-0.39, 0.29) is 24.5 Å². The molecule has 1 aliphatic heterocycles. The number of carbonyl (C=O) groups is 2. The molecule has 0 radical (unpaired) electrons. The summed E-state index contributed by atoms with van der Waals surface area (Å²) in [4.78, 5) is 30.1. The van der Waals surface area contributed by atoms with Gasteiger partial charge in [-0.05, 0) is 42.5 Å². The van der Waals surface area contributed by atoms with E-state index in [0.29, 0.717) is 37.7 Å². The summed E-state index contributed by atoms with van der Waals surface area (Å²) in [5, 5.41) is 4.80. The number of urea groups is 1. The zero-order valence-electron chi connectivity index (χ0n) is 18.0. The molecular weight excluding hydrogens is 414 g/mol. The molecule has 2 heterocycles. The van der Waals surface area contributed by atoms with Crippen molar-refractivity contribution in [3.63, 3.8) is 0 Å². The largest absolute Gasteiger partial charge is 0.497 e. The molecule has 1 aliphatic rings. The lowest BCUT2D eigenvalue weighted by Gasteiger charge is -2.37. The monoisotopic (exact) mass is 443 g/mol. The highest BCUT2D eigenvalue weighted by molar-refractivity contribution is 7.10. The molecule has 0 fully saturated rings. The lowest BCUT2D eigenvalue weighted by molar-refractivity contribution is -0.135. The maximum absolute atomic E-state index is 13.2. The summed E-state index contributed by atoms with van der Waals surface area (Å²) in [7, 11) is 1.61. The minimum Gasteiger partial charge on any atom is -0.497 e. The maximum atomic E-state index is 13.2. The van der Waals surface area contributed by atoms with E-state index in [4.69, 9.17) is 9.47 Å². The standard InChI is InChI=1S/C23H29N3O4S/c1-4-11-25(23(28)24-5-2)15-22(27)26-12-9-21-19(10-13-31-21)20(26)16-30-18-8-6-7-17(14-18)29-3/h4,6-8,10,13-14,20H,1,5,9,11-12,15-16H2,2-3H3,(H,24,28). The van der Waals surface area contributed by atoms with Gasteiger partial charge in [0.2, 0.25) is 5.91 Å². The Morgan fingerprint density at radius 2 is 2.16 bits per heavy atom. The fraction of sp³-hybridized carbons (Fsp3) is 0.391. The third kappa shape index (κ3) is 5.58. The second kappa shape index (κ2) is 10.9. The van der Waals surface area contributed by atoms with Crippen molar-refractivity contribution in [1.29, 1.82) is 0 Å². The average molecular weight is 444 g/mol. The highest BCUT2D eigenvalue weighted by Crippen LogP contribution is 2.34. The summed E-state index contributed by atoms with van der Waals surface area (Å²) in [6, 6.07) is 8.99. The lowest BCUT2D eigenvalue weighted by Crippen LogP contribution is -2.49. The van der Waals surface area contributed by atoms with Crippen molar-refractivity contribution >= 4 is 23.3 Å². The number of hydrogen-bond acceptors (Lipinski definition) is 5. The van der Waals surface area contributed by atoms with Gasteiger partial charge in [-0.3, -0.25) is 4.79 Å². The molecule has 3 rings (SSSR count). The van der Waals surface area contributed by atoms with E-state index >= 15 is 0 Å². The summed E-state index contributed by atoms with van der Waals surface area (Å²) in [5.74, 6) is 1.29. The molecule has 0 spiro atoms. The SMILES string of the molecule is C=CCN(CC(=O)N1CCc2sccc2C1COc1cccc(OC)c1)C(=O)NCC. The number of methoxy groups -OCH3 is 1. The molecule has 1 atom stereocenters. The van der Waals surface area contributed by atoms with Crippen molar-refractivity contribution in [3.8, 4) is 11.5 Å². The molecule has 8 heteroatoms. The summed E-state index contributed by atoms with van der Waals surface area (Å²) < 4.78 is 11.3. The van der Waals surface area contributed by atoms with Crippen LogP contribution in [0, 0.1) is 0 Å². The van der Waals surface area contributed by atoms with Gasteiger partial charge >= 0.3 is 6.03 Å². The van der Waals surface area contributed by atoms with Gasteiger partial charge in [0.15, 0.2) is 0 Å². The second-order valence-electron chi connectivity index (χ2n) is 7.15. The summed E-state index contributed by atoms with van der Waals surface area (Å²) in [6.45, 7) is 7.27. The quantitative estimate of drug-likeness (QED) is 0.603. The van der Waals surface area contributed by atoms with Crippen LogP contribution in [0.15, 0.2) is 48.4 Å². The Kier molecular flexibility index (Phi) is 7.94. The van der Waals surface area contributed by atoms with Crippen LogP contribution in [0.4, 0.5) is 4.79 Å². The van der Waals surface area contributed by atoms with E-state index in [1.54, 1.807) is 24.5 Å². The van der Waals surface area contributed by atoms with Crippen LogP contribution >= 0.6 is 11.3 Å². The first-order valence-corrected chi connectivity index (χ1v) is 11.2. The molecule has 1 N–H and O–H groups in total. The number of amides is 3. The van der Waals surface area contributed by atoms with Crippen molar-refractivity contribution in [2.75, 3.05) is 39.9 Å². The van der Waals surface area contributed by atoms with Crippen molar-refractivity contribution < 1.29 is 19.1 Å². The number of carbonyl (C=O) groups excluding carboxylic acids is 2. The molecule has 166 valence electrons. The summed E-state index contributed by atoms with van der Waals surface area (Å²) in [5.41, 5.74) is 1.11. The molecule has 2 aromatic rings. The topological polar surface area (TPSA) is 71.1 Å². The first kappa shape index (κ1) is 22.7. The van der Waals surface area contributed by atoms with Crippen LogP contribution in [-0.4, -0.2) is 61.6 Å². The molecule has 0 saturated carbocycles. The van der Waals surface area contributed by atoms with Crippen LogP contribution in [0.3, 0.4) is 0 Å². The normalized spacial score (nSPS) is 15.0. The van der Waals surface area contributed by atoms with Gasteiger partial charge in [0, 0.05) is 30.6 Å². The Morgan fingerprint density at radius 3 is 2.90 bits per heavy atom. The zero-order valence-corrected chi connectivity index (χ0v) is 18.8. The average Bonchev–Trinajstić information content (AvgIpc) is 3.26. The van der Waals surface area contributed by atoms with Gasteiger partial charge in [-0.1, -0.05) is 12.1 Å². The number of nitrogens with zero attached hydrogens (tertiary/aromatic N) is 2. The van der Waals surface area contributed by atoms with Gasteiger partial charge in [-0.15, -0.1) is 17.9 Å². The Balaban J connectivity index is 1.76. The highest BCUT2D eigenvalue weighted by atomic mass is 32.1. The predicted octanol–water partition coefficient (Wildman–Crippen LogP) is 3.48. The van der Waals surface area contributed by atoms with Gasteiger partial charge < -0.3 is 24.6 Å². The molecule has 0 aliphatic carbocycles. The third-order valence-electron chi connectivity index (χ3n) is 5.16. The van der Waals surface area contributed by atoms with E-state index in [0.717, 1.165) is 12.0 Å². The molecule has 7 nitrogen and oxygen atoms in total. The zero-order chi connectivity index (χ0) is 22.2. The Morgan fingerprint density at radius 1 is 1.35 bits per heavy atom. The number of nitrogens with one attached hydrogen (secondary N) is 1. The summed E-state index contributed by atoms with van der Waals surface area (Å²) >= 11 is 1.70. The minimum atomic E-state index is -0.270. The molecule has 1 aromatic carbocycles. The van der Waals surface area contributed by atoms with E-state index in [2.05, 4.69) is 23.3 Å². The van der Waals surface area contributed by atoms with Crippen molar-refractivity contribution in [2.24, 2.45) is 0 Å². The van der Waals surface area contributed by atoms with Crippen LogP contribution in [0.25, 0.3) is 0 Å². The number of ether oxygens (including phenoxy) is 2. The maximum Gasteiger partial charge on any atom is 0.318 e. The van der Waals surface area contributed by atoms with Crippen LogP contribution in [0.1, 0.15) is 23.4 Å². The van der Waals surface area contributed by atoms with Gasteiger partial charge in [0.05, 0.1) is 13.2 Å². The Labute approximate surface area is 187 Å². The van der Waals surface area contributed by atoms with Crippen molar-refractivity contribution in [1.82, 2.24) is 15.1 Å². The van der Waals surface area contributed by atoms with Gasteiger partial charge in [0.1, 0.15) is 24.7 Å². The van der Waals surface area contributed by atoms with Crippen LogP contribution in [0.2, 0.25) is 0 Å². The fourth-order valence-corrected chi connectivity index (χ4v) is 4.56. The minimum absolute atomic E-state index is 0.00696. The van der Waals surface area contributed by atoms with E-state index in [1.807, 2.05) is 36.1 Å². The van der Waals surface area contributed by atoms with Gasteiger partial charge in [0.25, 0.3) is 0 Å². The first-order valence-electron chi connectivity index (χ1n) is 10.3. The number of fused-ring (bicyclic) bond motifs is 1. The number of benzene rings is 1. The number of hydrogen-bond donors (Lipinski definition) is 1. The van der Waals surface area contributed by atoms with E-state index in [1.165, 1.54) is 9.78 Å². The number of thiophene rings is 1. The van der Waals surface area contributed by atoms with Crippen LogP contribution in [-0.2, 0) is 11.2 Å². The second-order valence-corrected chi connectivity index (χ2v) is 8.15. The first-order chi connectivity index (χ1) is 15.1. The smallest absolute Gasteiger partial charge is 0.318 e. The van der Waals surface area contributed by atoms with E-state index in [9.17, 15) is 9.59 Å². The van der Waals surface area contributed by atoms with Gasteiger partial charge in [-0.25, -0.2) is 4.79 Å². The van der Waals surface area contributed by atoms with Crippen molar-refractivity contribution in [3.05, 3.63) is 58.8 Å². The Bertz CT molecular complexity index is 914. The van der Waals surface area contributed by atoms with Gasteiger partial charge in [-0.2, -0.15) is 0 Å². The molecule has 1 unspecified atom stereocenters. The number of rotatable bonds is 9. The molecule has 1 aromatic heterocycles. The lowest BCUT2D eigenvalue weighted by atomic mass is 10.0. The molecule has 31 heavy (non-hydrogen) atoms. The highest BCUT2D eigenvalue weighted by Gasteiger charge is 2.33. The van der Waals surface area contributed by atoms with Crippen LogP contribution in [0.5, 0.6) is 11.5 Å².